The van der Waals surface area contributed by atoms with Crippen LogP contribution >= 0.6 is 0 Å². The summed E-state index contributed by atoms with van der Waals surface area (Å²) in [5, 5.41) is 0. The van der Waals surface area contributed by atoms with Gasteiger partial charge in [-0.2, -0.15) is 0 Å². The first kappa shape index (κ1) is 12.2. The number of rotatable bonds is 2. The Kier molecular flexibility index (Phi) is 3.07. The van der Waals surface area contributed by atoms with Crippen LogP contribution in [0.4, 0.5) is 0 Å². The van der Waals surface area contributed by atoms with Gasteiger partial charge in [-0.15, -0.1) is 0 Å². The molecule has 1 aromatic heterocycles. The van der Waals surface area contributed by atoms with Crippen LogP contribution in [0.15, 0.2) is 30.6 Å². The van der Waals surface area contributed by atoms with E-state index in [0.29, 0.717) is 5.92 Å². The summed E-state index contributed by atoms with van der Waals surface area (Å²) in [5.74, 6) is 1.62. The van der Waals surface area contributed by atoms with E-state index >= 15 is 0 Å². The maximum Gasteiger partial charge on any atom is 0.118 e. The fraction of sp³-hybridized carbons (Fsp3) is 0.471. The van der Waals surface area contributed by atoms with E-state index in [0.717, 1.165) is 19.6 Å². The van der Waals surface area contributed by atoms with E-state index in [1.165, 1.54) is 48.3 Å². The molecule has 0 amide bonds. The zero-order valence-electron chi connectivity index (χ0n) is 11.7. The van der Waals surface area contributed by atoms with Crippen molar-refractivity contribution in [3.05, 3.63) is 47.5 Å². The van der Waals surface area contributed by atoms with E-state index in [1.54, 1.807) is 0 Å². The van der Waals surface area contributed by atoms with Gasteiger partial charge in [0.2, 0.25) is 0 Å². The minimum atomic E-state index is 0.449. The van der Waals surface area contributed by atoms with Crippen molar-refractivity contribution in [3.63, 3.8) is 0 Å². The average Bonchev–Trinajstić information content (AvgIpc) is 3.17. The number of hydrogen-bond acceptors (Lipinski definition) is 2. The van der Waals surface area contributed by atoms with Gasteiger partial charge < -0.3 is 9.30 Å². The smallest absolute Gasteiger partial charge is 0.118 e. The third-order valence-corrected chi connectivity index (χ3v) is 4.59. The highest BCUT2D eigenvalue weighted by Gasteiger charge is 2.24. The quantitative estimate of drug-likeness (QED) is 0.836. The zero-order chi connectivity index (χ0) is 13.4. The summed E-state index contributed by atoms with van der Waals surface area (Å²) in [7, 11) is 0. The molecule has 4 rings (SSSR count). The Hall–Kier alpha value is -1.61. The van der Waals surface area contributed by atoms with Crippen molar-refractivity contribution in [2.75, 3.05) is 13.2 Å². The molecule has 2 heterocycles. The van der Waals surface area contributed by atoms with Gasteiger partial charge in [-0.05, 0) is 49.3 Å². The fourth-order valence-electron chi connectivity index (χ4n) is 3.55. The van der Waals surface area contributed by atoms with Gasteiger partial charge >= 0.3 is 0 Å². The summed E-state index contributed by atoms with van der Waals surface area (Å²) < 4.78 is 7.83. The van der Waals surface area contributed by atoms with Gasteiger partial charge in [0.05, 0.1) is 12.3 Å². The van der Waals surface area contributed by atoms with E-state index in [9.17, 15) is 0 Å². The minimum absolute atomic E-state index is 0.449. The van der Waals surface area contributed by atoms with Crippen LogP contribution in [0.5, 0.6) is 0 Å². The molecule has 2 aliphatic rings. The number of ether oxygens (including phenoxy) is 1. The summed E-state index contributed by atoms with van der Waals surface area (Å²) in [6.07, 6.45) is 10.2. The Morgan fingerprint density at radius 1 is 1.20 bits per heavy atom. The molecule has 1 fully saturated rings. The average molecular weight is 268 g/mol. The first-order valence-corrected chi connectivity index (χ1v) is 7.65. The lowest BCUT2D eigenvalue weighted by molar-refractivity contribution is 0.193. The third kappa shape index (κ3) is 1.97. The summed E-state index contributed by atoms with van der Waals surface area (Å²) in [6.45, 7) is 1.68. The molecule has 1 aliphatic carbocycles. The van der Waals surface area contributed by atoms with Gasteiger partial charge in [0.1, 0.15) is 5.82 Å². The summed E-state index contributed by atoms with van der Waals surface area (Å²) in [5.41, 5.74) is 4.38. The van der Waals surface area contributed by atoms with Crippen LogP contribution in [0.2, 0.25) is 0 Å². The van der Waals surface area contributed by atoms with Crippen LogP contribution in [-0.4, -0.2) is 22.8 Å². The molecule has 1 saturated heterocycles. The fourth-order valence-corrected chi connectivity index (χ4v) is 3.55. The van der Waals surface area contributed by atoms with Crippen molar-refractivity contribution < 1.29 is 4.74 Å². The van der Waals surface area contributed by atoms with Crippen molar-refractivity contribution in [1.82, 2.24) is 9.55 Å². The Labute approximate surface area is 119 Å². The summed E-state index contributed by atoms with van der Waals surface area (Å²) in [6, 6.07) is 6.72. The van der Waals surface area contributed by atoms with Crippen molar-refractivity contribution in [2.45, 2.75) is 38.0 Å². The lowest BCUT2D eigenvalue weighted by Crippen LogP contribution is -2.12. The zero-order valence-corrected chi connectivity index (χ0v) is 11.7. The predicted octanol–water partition coefficient (Wildman–Crippen LogP) is 3.26. The number of hydrogen-bond donors (Lipinski definition) is 0. The predicted molar refractivity (Wildman–Crippen MR) is 78.4 cm³/mol. The molecule has 1 aromatic carbocycles. The van der Waals surface area contributed by atoms with Gasteiger partial charge in [-0.1, -0.05) is 12.1 Å². The number of benzene rings is 1. The molecule has 0 bridgehead atoms. The molecule has 0 spiro atoms. The van der Waals surface area contributed by atoms with E-state index in [4.69, 9.17) is 4.74 Å². The van der Waals surface area contributed by atoms with E-state index in [-0.39, 0.29) is 0 Å². The SMILES string of the molecule is c1cc2c(c(-n3ccnc3C3CCOC3)c1)CCCC2. The standard InChI is InChI=1S/C17H20N2O/c1-2-6-15-13(4-1)5-3-7-16(15)19-10-9-18-17(19)14-8-11-20-12-14/h3,5,7,9-10,14H,1-2,4,6,8,11-12H2. The molecule has 1 aliphatic heterocycles. The normalized spacial score (nSPS) is 21.9. The molecular formula is C17H20N2O. The lowest BCUT2D eigenvalue weighted by atomic mass is 9.90. The number of fused-ring (bicyclic) bond motifs is 1. The largest absolute Gasteiger partial charge is 0.381 e. The van der Waals surface area contributed by atoms with E-state index in [1.807, 2.05) is 6.20 Å². The van der Waals surface area contributed by atoms with Crippen LogP contribution in [-0.2, 0) is 17.6 Å². The van der Waals surface area contributed by atoms with Crippen molar-refractivity contribution in [2.24, 2.45) is 0 Å². The highest BCUT2D eigenvalue weighted by Crippen LogP contribution is 2.31. The first-order chi connectivity index (χ1) is 9.93. The number of aromatic nitrogens is 2. The molecule has 2 aromatic rings. The molecule has 104 valence electrons. The van der Waals surface area contributed by atoms with E-state index in [2.05, 4.69) is 33.9 Å². The number of aryl methyl sites for hydroxylation is 1. The molecule has 20 heavy (non-hydrogen) atoms. The number of nitrogens with zero attached hydrogens (tertiary/aromatic N) is 2. The van der Waals surface area contributed by atoms with Gasteiger partial charge in [-0.3, -0.25) is 0 Å². The molecule has 0 saturated carbocycles. The highest BCUT2D eigenvalue weighted by atomic mass is 16.5. The van der Waals surface area contributed by atoms with Gasteiger partial charge in [0, 0.05) is 24.9 Å². The molecule has 0 radical (unpaired) electrons. The van der Waals surface area contributed by atoms with E-state index < -0.39 is 0 Å². The maximum atomic E-state index is 5.53. The Morgan fingerprint density at radius 3 is 3.05 bits per heavy atom. The molecule has 3 heteroatoms. The highest BCUT2D eigenvalue weighted by molar-refractivity contribution is 5.48. The second-order valence-electron chi connectivity index (χ2n) is 5.84. The van der Waals surface area contributed by atoms with Crippen molar-refractivity contribution in [1.29, 1.82) is 0 Å². The van der Waals surface area contributed by atoms with Gasteiger partial charge in [0.15, 0.2) is 0 Å². The Morgan fingerprint density at radius 2 is 2.15 bits per heavy atom. The second-order valence-corrected chi connectivity index (χ2v) is 5.84. The van der Waals surface area contributed by atoms with Gasteiger partial charge in [0.25, 0.3) is 0 Å². The summed E-state index contributed by atoms with van der Waals surface area (Å²) >= 11 is 0. The summed E-state index contributed by atoms with van der Waals surface area (Å²) in [4.78, 5) is 4.61. The lowest BCUT2D eigenvalue weighted by Gasteiger charge is -2.21. The molecule has 1 atom stereocenters. The second kappa shape index (κ2) is 5.06. The third-order valence-electron chi connectivity index (χ3n) is 4.59. The van der Waals surface area contributed by atoms with Gasteiger partial charge in [-0.25, -0.2) is 4.98 Å². The van der Waals surface area contributed by atoms with Crippen LogP contribution in [0, 0.1) is 0 Å². The Balaban J connectivity index is 1.80. The maximum absolute atomic E-state index is 5.53. The monoisotopic (exact) mass is 268 g/mol. The number of imidazole rings is 1. The molecule has 1 unspecified atom stereocenters. The van der Waals surface area contributed by atoms with Crippen LogP contribution in [0.25, 0.3) is 5.69 Å². The molecule has 3 nitrogen and oxygen atoms in total. The Bertz CT molecular complexity index is 611. The van der Waals surface area contributed by atoms with Crippen LogP contribution < -0.4 is 0 Å². The topological polar surface area (TPSA) is 27.1 Å². The molecular weight excluding hydrogens is 248 g/mol. The van der Waals surface area contributed by atoms with Crippen molar-refractivity contribution in [3.8, 4) is 5.69 Å². The first-order valence-electron chi connectivity index (χ1n) is 7.65. The van der Waals surface area contributed by atoms with Crippen LogP contribution in [0.1, 0.15) is 42.1 Å². The van der Waals surface area contributed by atoms with Crippen molar-refractivity contribution >= 4 is 0 Å². The minimum Gasteiger partial charge on any atom is -0.381 e. The molecule has 0 N–H and O–H groups in total. The van der Waals surface area contributed by atoms with Crippen LogP contribution in [0.3, 0.4) is 0 Å².